The fourth-order valence-corrected chi connectivity index (χ4v) is 1.30. The molecule has 2 aliphatic rings. The van der Waals surface area contributed by atoms with E-state index in [2.05, 4.69) is 15.8 Å². The van der Waals surface area contributed by atoms with Gasteiger partial charge in [0.05, 0.1) is 5.92 Å². The van der Waals surface area contributed by atoms with Crippen molar-refractivity contribution < 1.29 is 4.79 Å². The van der Waals surface area contributed by atoms with Gasteiger partial charge in [-0.3, -0.25) is 4.79 Å². The normalized spacial score (nSPS) is 27.8. The maximum absolute atomic E-state index is 11.5. The second kappa shape index (κ2) is 2.77. The van der Waals surface area contributed by atoms with Crippen LogP contribution in [0.5, 0.6) is 0 Å². The Bertz CT molecular complexity index is 232. The largest absolute Gasteiger partial charge is 0.353 e. The summed E-state index contributed by atoms with van der Waals surface area (Å²) in [4.78, 5) is 11.5. The summed E-state index contributed by atoms with van der Waals surface area (Å²) in [6, 6.07) is 0.450. The molecule has 4 nitrogen and oxygen atoms in total. The molecule has 1 atom stereocenters. The van der Waals surface area contributed by atoms with E-state index in [1.807, 2.05) is 6.92 Å². The van der Waals surface area contributed by atoms with Gasteiger partial charge in [-0.15, -0.1) is 0 Å². The van der Waals surface area contributed by atoms with Gasteiger partial charge < -0.3 is 10.7 Å². The molecule has 66 valence electrons. The summed E-state index contributed by atoms with van der Waals surface area (Å²) in [7, 11) is 0. The van der Waals surface area contributed by atoms with Crippen LogP contribution in [0.3, 0.4) is 0 Å². The first-order valence-electron chi connectivity index (χ1n) is 4.35. The molecule has 2 N–H and O–H groups in total. The zero-order valence-corrected chi connectivity index (χ0v) is 7.13. The Morgan fingerprint density at radius 2 is 2.42 bits per heavy atom. The summed E-state index contributed by atoms with van der Waals surface area (Å²) in [5.74, 6) is 0.0920. The SMILES string of the molecule is CC1=NNCC1C(=O)NC1CC1. The molecule has 0 spiro atoms. The lowest BCUT2D eigenvalue weighted by molar-refractivity contribution is -0.122. The van der Waals surface area contributed by atoms with Gasteiger partial charge in [-0.05, 0) is 19.8 Å². The van der Waals surface area contributed by atoms with Gasteiger partial charge in [0.25, 0.3) is 0 Å². The Morgan fingerprint density at radius 3 is 2.92 bits per heavy atom. The topological polar surface area (TPSA) is 53.5 Å². The summed E-state index contributed by atoms with van der Waals surface area (Å²) >= 11 is 0. The zero-order valence-electron chi connectivity index (χ0n) is 7.13. The summed E-state index contributed by atoms with van der Waals surface area (Å²) in [5.41, 5.74) is 3.72. The monoisotopic (exact) mass is 167 g/mol. The van der Waals surface area contributed by atoms with Gasteiger partial charge in [0.1, 0.15) is 0 Å². The van der Waals surface area contributed by atoms with E-state index in [9.17, 15) is 4.79 Å². The minimum Gasteiger partial charge on any atom is -0.353 e. The Labute approximate surface area is 71.4 Å². The smallest absolute Gasteiger partial charge is 0.230 e. The third kappa shape index (κ3) is 1.42. The lowest BCUT2D eigenvalue weighted by Crippen LogP contribution is -2.36. The van der Waals surface area contributed by atoms with Crippen molar-refractivity contribution in [1.29, 1.82) is 0 Å². The van der Waals surface area contributed by atoms with E-state index in [4.69, 9.17) is 0 Å². The molecular formula is C8H13N3O. The molecule has 4 heteroatoms. The quantitative estimate of drug-likeness (QED) is 0.601. The van der Waals surface area contributed by atoms with Crippen molar-refractivity contribution in [3.63, 3.8) is 0 Å². The van der Waals surface area contributed by atoms with Crippen molar-refractivity contribution in [3.8, 4) is 0 Å². The number of hydrazone groups is 1. The van der Waals surface area contributed by atoms with Crippen LogP contribution in [-0.4, -0.2) is 24.2 Å². The summed E-state index contributed by atoms with van der Waals surface area (Å²) < 4.78 is 0. The highest BCUT2D eigenvalue weighted by Gasteiger charge is 2.30. The number of amides is 1. The standard InChI is InChI=1S/C8H13N3O/c1-5-7(4-9-11-5)8(12)10-6-2-3-6/h6-7,9H,2-4H2,1H3,(H,10,12). The maximum atomic E-state index is 11.5. The molecule has 1 amide bonds. The van der Waals surface area contributed by atoms with E-state index < -0.39 is 0 Å². The first kappa shape index (κ1) is 7.58. The van der Waals surface area contributed by atoms with E-state index in [1.165, 1.54) is 0 Å². The van der Waals surface area contributed by atoms with Crippen LogP contribution in [0.15, 0.2) is 5.10 Å². The number of nitrogens with zero attached hydrogens (tertiary/aromatic N) is 1. The molecule has 0 aromatic heterocycles. The third-order valence-corrected chi connectivity index (χ3v) is 2.30. The highest BCUT2D eigenvalue weighted by atomic mass is 16.2. The molecule has 0 aromatic rings. The summed E-state index contributed by atoms with van der Waals surface area (Å²) in [5, 5.41) is 6.94. The number of carbonyl (C=O) groups excluding carboxylic acids is 1. The van der Waals surface area contributed by atoms with Crippen molar-refractivity contribution >= 4 is 11.6 Å². The molecule has 0 aromatic carbocycles. The lowest BCUT2D eigenvalue weighted by atomic mass is 10.1. The average molecular weight is 167 g/mol. The Kier molecular flexibility index (Phi) is 1.75. The number of hydrogen-bond acceptors (Lipinski definition) is 3. The van der Waals surface area contributed by atoms with Crippen LogP contribution in [0.1, 0.15) is 19.8 Å². The van der Waals surface area contributed by atoms with Crippen molar-refractivity contribution in [3.05, 3.63) is 0 Å². The first-order chi connectivity index (χ1) is 5.77. The maximum Gasteiger partial charge on any atom is 0.230 e. The molecule has 1 aliphatic heterocycles. The van der Waals surface area contributed by atoms with E-state index >= 15 is 0 Å². The molecule has 0 bridgehead atoms. The Hall–Kier alpha value is -1.06. The Balaban J connectivity index is 1.90. The van der Waals surface area contributed by atoms with Gasteiger partial charge in [-0.2, -0.15) is 5.10 Å². The summed E-state index contributed by atoms with van der Waals surface area (Å²) in [6.07, 6.45) is 2.28. The summed E-state index contributed by atoms with van der Waals surface area (Å²) in [6.45, 7) is 2.54. The van der Waals surface area contributed by atoms with E-state index in [0.29, 0.717) is 12.6 Å². The second-order valence-corrected chi connectivity index (χ2v) is 3.45. The fourth-order valence-electron chi connectivity index (χ4n) is 1.30. The van der Waals surface area contributed by atoms with Gasteiger partial charge in [0.15, 0.2) is 0 Å². The van der Waals surface area contributed by atoms with Crippen molar-refractivity contribution in [2.24, 2.45) is 11.0 Å². The predicted octanol–water partition coefficient (Wildman–Crippen LogP) is -0.140. The third-order valence-electron chi connectivity index (χ3n) is 2.30. The fraction of sp³-hybridized carbons (Fsp3) is 0.750. The van der Waals surface area contributed by atoms with Crippen LogP contribution in [0.25, 0.3) is 0 Å². The molecule has 0 radical (unpaired) electrons. The molecular weight excluding hydrogens is 154 g/mol. The van der Waals surface area contributed by atoms with Gasteiger partial charge >= 0.3 is 0 Å². The van der Waals surface area contributed by atoms with Crippen molar-refractivity contribution in [1.82, 2.24) is 10.7 Å². The van der Waals surface area contributed by atoms with Crippen LogP contribution < -0.4 is 10.7 Å². The molecule has 2 rings (SSSR count). The number of carbonyl (C=O) groups is 1. The number of nitrogens with one attached hydrogen (secondary N) is 2. The zero-order chi connectivity index (χ0) is 8.55. The van der Waals surface area contributed by atoms with Crippen LogP contribution in [0, 0.1) is 5.92 Å². The molecule has 1 unspecified atom stereocenters. The minimum atomic E-state index is -0.0365. The van der Waals surface area contributed by atoms with Crippen LogP contribution in [0.4, 0.5) is 0 Å². The lowest BCUT2D eigenvalue weighted by Gasteiger charge is -2.08. The van der Waals surface area contributed by atoms with E-state index in [-0.39, 0.29) is 11.8 Å². The van der Waals surface area contributed by atoms with Crippen LogP contribution >= 0.6 is 0 Å². The van der Waals surface area contributed by atoms with Crippen molar-refractivity contribution in [2.75, 3.05) is 6.54 Å². The minimum absolute atomic E-state index is 0.0365. The molecule has 1 aliphatic carbocycles. The molecule has 1 heterocycles. The number of hydrogen-bond donors (Lipinski definition) is 2. The van der Waals surface area contributed by atoms with Gasteiger partial charge in [-0.25, -0.2) is 0 Å². The average Bonchev–Trinajstić information content (AvgIpc) is 2.72. The predicted molar refractivity (Wildman–Crippen MR) is 45.8 cm³/mol. The van der Waals surface area contributed by atoms with Crippen molar-refractivity contribution in [2.45, 2.75) is 25.8 Å². The molecule has 12 heavy (non-hydrogen) atoms. The van der Waals surface area contributed by atoms with E-state index in [1.54, 1.807) is 0 Å². The highest BCUT2D eigenvalue weighted by Crippen LogP contribution is 2.19. The second-order valence-electron chi connectivity index (χ2n) is 3.45. The number of rotatable bonds is 2. The molecule has 0 saturated heterocycles. The van der Waals surface area contributed by atoms with Gasteiger partial charge in [0, 0.05) is 18.3 Å². The van der Waals surface area contributed by atoms with Crippen LogP contribution in [0.2, 0.25) is 0 Å². The molecule has 1 fully saturated rings. The van der Waals surface area contributed by atoms with Crippen LogP contribution in [-0.2, 0) is 4.79 Å². The first-order valence-corrected chi connectivity index (χ1v) is 4.35. The molecule has 1 saturated carbocycles. The highest BCUT2D eigenvalue weighted by molar-refractivity contribution is 6.04. The van der Waals surface area contributed by atoms with Gasteiger partial charge in [-0.1, -0.05) is 0 Å². The Morgan fingerprint density at radius 1 is 1.67 bits per heavy atom. The van der Waals surface area contributed by atoms with Gasteiger partial charge in [0.2, 0.25) is 5.91 Å². The van der Waals surface area contributed by atoms with E-state index in [0.717, 1.165) is 18.6 Å².